The molecule has 1 aliphatic rings. The lowest BCUT2D eigenvalue weighted by molar-refractivity contribution is -0.384. The number of carbonyl (C=O) groups is 1. The summed E-state index contributed by atoms with van der Waals surface area (Å²) >= 11 is 0. The van der Waals surface area contributed by atoms with Crippen LogP contribution in [0.5, 0.6) is 0 Å². The van der Waals surface area contributed by atoms with Crippen LogP contribution in [0.15, 0.2) is 47.6 Å². The highest BCUT2D eigenvalue weighted by molar-refractivity contribution is 7.89. The fraction of sp³-hybridized carbons (Fsp3) is 0.250. The molecule has 0 unspecified atom stereocenters. The smallest absolute Gasteiger partial charge is 0.293 e. The number of anilines is 1. The van der Waals surface area contributed by atoms with E-state index in [4.69, 9.17) is 5.73 Å². The molecule has 1 aliphatic heterocycles. The third kappa shape index (κ3) is 3.73. The van der Waals surface area contributed by atoms with Crippen molar-refractivity contribution >= 4 is 27.3 Å². The molecule has 0 radical (unpaired) electrons. The van der Waals surface area contributed by atoms with E-state index in [0.29, 0.717) is 5.69 Å². The minimum atomic E-state index is -3.66. The lowest BCUT2D eigenvalue weighted by Gasteiger charge is -2.35. The van der Waals surface area contributed by atoms with Gasteiger partial charge in [-0.1, -0.05) is 0 Å². The van der Waals surface area contributed by atoms with Gasteiger partial charge < -0.3 is 10.6 Å². The van der Waals surface area contributed by atoms with Crippen LogP contribution >= 0.6 is 0 Å². The van der Waals surface area contributed by atoms with E-state index in [2.05, 4.69) is 4.98 Å². The number of piperazine rings is 1. The van der Waals surface area contributed by atoms with Crippen molar-refractivity contribution in [2.45, 2.75) is 4.90 Å². The maximum Gasteiger partial charge on any atom is 0.293 e. The first kappa shape index (κ1) is 18.7. The SMILES string of the molecule is NC(=O)c1ccc(N2CCN(S(=O)(=O)c3cccnc3)CC2)c([N+](=O)[O-])c1. The number of aromatic nitrogens is 1. The van der Waals surface area contributed by atoms with Crippen molar-refractivity contribution in [1.82, 2.24) is 9.29 Å². The van der Waals surface area contributed by atoms with Crippen molar-refractivity contribution in [3.05, 3.63) is 58.4 Å². The number of amides is 1. The number of benzene rings is 1. The lowest BCUT2D eigenvalue weighted by Crippen LogP contribution is -2.48. The lowest BCUT2D eigenvalue weighted by atomic mass is 10.1. The molecule has 0 aliphatic carbocycles. The zero-order chi connectivity index (χ0) is 19.6. The number of pyridine rings is 1. The highest BCUT2D eigenvalue weighted by Gasteiger charge is 2.31. The molecule has 0 saturated carbocycles. The molecule has 1 fully saturated rings. The van der Waals surface area contributed by atoms with Gasteiger partial charge in [0.05, 0.1) is 4.92 Å². The standard InChI is InChI=1S/C16H17N5O5S/c17-16(22)12-3-4-14(15(10-12)21(23)24)19-6-8-20(9-7-19)27(25,26)13-2-1-5-18-11-13/h1-5,10-11H,6-9H2,(H2,17,22). The predicted octanol–water partition coefficient (Wildman–Crippen LogP) is 0.600. The molecule has 0 spiro atoms. The molecule has 0 atom stereocenters. The van der Waals surface area contributed by atoms with Crippen LogP contribution in [0.2, 0.25) is 0 Å². The quantitative estimate of drug-likeness (QED) is 0.581. The van der Waals surface area contributed by atoms with Crippen LogP contribution in [0.4, 0.5) is 11.4 Å². The van der Waals surface area contributed by atoms with E-state index < -0.39 is 20.9 Å². The van der Waals surface area contributed by atoms with Gasteiger partial charge in [0.2, 0.25) is 15.9 Å². The van der Waals surface area contributed by atoms with Gasteiger partial charge in [-0.15, -0.1) is 0 Å². The Hall–Kier alpha value is -3.05. The Morgan fingerprint density at radius 2 is 1.89 bits per heavy atom. The molecule has 2 N–H and O–H groups in total. The molecule has 142 valence electrons. The fourth-order valence-electron chi connectivity index (χ4n) is 2.91. The summed E-state index contributed by atoms with van der Waals surface area (Å²) in [7, 11) is -3.66. The number of nitro groups is 1. The fourth-order valence-corrected chi connectivity index (χ4v) is 4.30. The number of sulfonamides is 1. The minimum Gasteiger partial charge on any atom is -0.366 e. The largest absolute Gasteiger partial charge is 0.366 e. The first-order chi connectivity index (χ1) is 12.8. The van der Waals surface area contributed by atoms with Crippen LogP contribution in [-0.2, 0) is 10.0 Å². The average Bonchev–Trinajstić information content (AvgIpc) is 2.68. The van der Waals surface area contributed by atoms with E-state index in [1.807, 2.05) is 0 Å². The van der Waals surface area contributed by atoms with Crippen molar-refractivity contribution < 1.29 is 18.1 Å². The van der Waals surface area contributed by atoms with E-state index in [-0.39, 0.29) is 42.3 Å². The maximum absolute atomic E-state index is 12.6. The van der Waals surface area contributed by atoms with Gasteiger partial charge in [-0.25, -0.2) is 8.42 Å². The summed E-state index contributed by atoms with van der Waals surface area (Å²) in [5, 5.41) is 11.4. The van der Waals surface area contributed by atoms with Crippen LogP contribution < -0.4 is 10.6 Å². The Labute approximate surface area is 155 Å². The Kier molecular flexibility index (Phi) is 5.06. The first-order valence-corrected chi connectivity index (χ1v) is 9.48. The molecule has 1 aromatic carbocycles. The summed E-state index contributed by atoms with van der Waals surface area (Å²) in [6, 6.07) is 7.04. The molecule has 2 heterocycles. The van der Waals surface area contributed by atoms with Gasteiger partial charge in [0.1, 0.15) is 10.6 Å². The van der Waals surface area contributed by atoms with E-state index >= 15 is 0 Å². The van der Waals surface area contributed by atoms with Crippen LogP contribution in [0.25, 0.3) is 0 Å². The Balaban J connectivity index is 1.80. The zero-order valence-corrected chi connectivity index (χ0v) is 15.0. The number of nitrogens with zero attached hydrogens (tertiary/aromatic N) is 4. The molecule has 1 saturated heterocycles. The Morgan fingerprint density at radius 3 is 2.44 bits per heavy atom. The topological polar surface area (TPSA) is 140 Å². The summed E-state index contributed by atoms with van der Waals surface area (Å²) in [5.41, 5.74) is 5.31. The van der Waals surface area contributed by atoms with Crippen molar-refractivity contribution in [3.8, 4) is 0 Å². The van der Waals surface area contributed by atoms with Crippen LogP contribution in [0.3, 0.4) is 0 Å². The van der Waals surface area contributed by atoms with Crippen molar-refractivity contribution in [2.24, 2.45) is 5.73 Å². The van der Waals surface area contributed by atoms with Crippen LogP contribution in [-0.4, -0.2) is 54.7 Å². The molecule has 3 rings (SSSR count). The average molecular weight is 391 g/mol. The molecular weight excluding hydrogens is 374 g/mol. The van der Waals surface area contributed by atoms with Crippen LogP contribution in [0.1, 0.15) is 10.4 Å². The molecule has 1 amide bonds. The second-order valence-corrected chi connectivity index (χ2v) is 7.84. The van der Waals surface area contributed by atoms with Gasteiger partial charge in [0.25, 0.3) is 5.69 Å². The molecule has 1 aromatic heterocycles. The molecule has 2 aromatic rings. The monoisotopic (exact) mass is 391 g/mol. The summed E-state index contributed by atoms with van der Waals surface area (Å²) < 4.78 is 26.6. The van der Waals surface area contributed by atoms with E-state index in [1.165, 1.54) is 34.9 Å². The van der Waals surface area contributed by atoms with E-state index in [9.17, 15) is 23.3 Å². The number of nitrogens with two attached hydrogens (primary N) is 1. The number of nitro benzene ring substituents is 1. The molecule has 11 heteroatoms. The van der Waals surface area contributed by atoms with Gasteiger partial charge in [0, 0.05) is 50.2 Å². The summed E-state index contributed by atoms with van der Waals surface area (Å²) in [4.78, 5) is 27.7. The highest BCUT2D eigenvalue weighted by atomic mass is 32.2. The highest BCUT2D eigenvalue weighted by Crippen LogP contribution is 2.30. The first-order valence-electron chi connectivity index (χ1n) is 8.04. The number of hydrogen-bond acceptors (Lipinski definition) is 7. The molecule has 10 nitrogen and oxygen atoms in total. The summed E-state index contributed by atoms with van der Waals surface area (Å²) in [6.45, 7) is 0.893. The van der Waals surface area contributed by atoms with Gasteiger partial charge in [-0.2, -0.15) is 4.31 Å². The predicted molar refractivity (Wildman–Crippen MR) is 96.8 cm³/mol. The van der Waals surface area contributed by atoms with Gasteiger partial charge in [0.15, 0.2) is 0 Å². The third-order valence-corrected chi connectivity index (χ3v) is 6.19. The number of primary amides is 1. The number of rotatable bonds is 5. The molecular formula is C16H17N5O5S. The van der Waals surface area contributed by atoms with Crippen LogP contribution in [0, 0.1) is 10.1 Å². The normalized spacial score (nSPS) is 15.5. The molecule has 27 heavy (non-hydrogen) atoms. The zero-order valence-electron chi connectivity index (χ0n) is 14.2. The van der Waals surface area contributed by atoms with Gasteiger partial charge in [-0.05, 0) is 24.3 Å². The minimum absolute atomic E-state index is 0.0447. The number of carbonyl (C=O) groups excluding carboxylic acids is 1. The maximum atomic E-state index is 12.6. The van der Waals surface area contributed by atoms with Crippen molar-refractivity contribution in [1.29, 1.82) is 0 Å². The van der Waals surface area contributed by atoms with Crippen molar-refractivity contribution in [3.63, 3.8) is 0 Å². The third-order valence-electron chi connectivity index (χ3n) is 4.31. The second kappa shape index (κ2) is 7.29. The Morgan fingerprint density at radius 1 is 1.19 bits per heavy atom. The Bertz CT molecular complexity index is 972. The van der Waals surface area contributed by atoms with Gasteiger partial charge >= 0.3 is 0 Å². The van der Waals surface area contributed by atoms with E-state index in [1.54, 1.807) is 11.0 Å². The number of hydrogen-bond donors (Lipinski definition) is 1. The summed E-state index contributed by atoms with van der Waals surface area (Å²) in [5.74, 6) is -0.753. The second-order valence-electron chi connectivity index (χ2n) is 5.90. The van der Waals surface area contributed by atoms with Crippen molar-refractivity contribution in [2.75, 3.05) is 31.1 Å². The van der Waals surface area contributed by atoms with E-state index in [0.717, 1.165) is 6.07 Å². The van der Waals surface area contributed by atoms with Gasteiger partial charge in [-0.3, -0.25) is 19.9 Å². The molecule has 0 bridgehead atoms. The summed E-state index contributed by atoms with van der Waals surface area (Å²) in [6.07, 6.45) is 2.78.